The molecule has 1 aromatic heterocycles. The Labute approximate surface area is 104 Å². The second kappa shape index (κ2) is 5.15. The topological polar surface area (TPSA) is 111 Å². The number of nitrogens with two attached hydrogens (primary N) is 1. The summed E-state index contributed by atoms with van der Waals surface area (Å²) in [5.74, 6) is 0.454. The van der Waals surface area contributed by atoms with Gasteiger partial charge < -0.3 is 10.3 Å². The van der Waals surface area contributed by atoms with Crippen molar-refractivity contribution in [2.45, 2.75) is 11.3 Å². The van der Waals surface area contributed by atoms with E-state index >= 15 is 0 Å². The van der Waals surface area contributed by atoms with E-state index < -0.39 is 10.0 Å². The van der Waals surface area contributed by atoms with Crippen molar-refractivity contribution in [3.05, 3.63) is 36.5 Å². The Bertz CT molecular complexity index is 593. The van der Waals surface area contributed by atoms with Gasteiger partial charge in [-0.1, -0.05) is 5.16 Å². The smallest absolute Gasteiger partial charge is 0.240 e. The van der Waals surface area contributed by atoms with Gasteiger partial charge in [0, 0.05) is 18.7 Å². The summed E-state index contributed by atoms with van der Waals surface area (Å²) in [7, 11) is -3.52. The predicted octanol–water partition coefficient (Wildman–Crippen LogP) is 0.173. The zero-order valence-corrected chi connectivity index (χ0v) is 10.2. The molecule has 0 amide bonds. The molecule has 0 unspecified atom stereocenters. The van der Waals surface area contributed by atoms with Crippen LogP contribution in [0.4, 0.5) is 5.69 Å². The van der Waals surface area contributed by atoms with Crippen LogP contribution in [0, 0.1) is 0 Å². The van der Waals surface area contributed by atoms with E-state index in [0.717, 1.165) is 0 Å². The van der Waals surface area contributed by atoms with E-state index in [1.54, 1.807) is 0 Å². The van der Waals surface area contributed by atoms with Gasteiger partial charge >= 0.3 is 0 Å². The zero-order valence-electron chi connectivity index (χ0n) is 9.41. The molecule has 2 aromatic rings. The normalized spacial score (nSPS) is 11.6. The molecule has 0 spiro atoms. The molecule has 0 aliphatic heterocycles. The van der Waals surface area contributed by atoms with Crippen LogP contribution < -0.4 is 10.5 Å². The molecule has 0 radical (unpaired) electrons. The molecule has 0 atom stereocenters. The van der Waals surface area contributed by atoms with Crippen molar-refractivity contribution in [2.24, 2.45) is 0 Å². The summed E-state index contributed by atoms with van der Waals surface area (Å²) in [5, 5.41) is 3.58. The van der Waals surface area contributed by atoms with Crippen molar-refractivity contribution < 1.29 is 12.9 Å². The van der Waals surface area contributed by atoms with Gasteiger partial charge in [0.25, 0.3) is 0 Å². The van der Waals surface area contributed by atoms with E-state index in [1.807, 2.05) is 0 Å². The van der Waals surface area contributed by atoms with Crippen LogP contribution in [0.15, 0.2) is 40.1 Å². The number of nitrogen functional groups attached to an aromatic ring is 1. The van der Waals surface area contributed by atoms with Gasteiger partial charge in [-0.25, -0.2) is 13.1 Å². The number of nitrogens with zero attached hydrogens (tertiary/aromatic N) is 2. The molecule has 8 heteroatoms. The molecule has 0 fully saturated rings. The lowest BCUT2D eigenvalue weighted by Crippen LogP contribution is -2.26. The summed E-state index contributed by atoms with van der Waals surface area (Å²) in [6.07, 6.45) is 1.56. The van der Waals surface area contributed by atoms with Crippen LogP contribution in [-0.2, 0) is 16.4 Å². The van der Waals surface area contributed by atoms with Crippen LogP contribution in [0.1, 0.15) is 5.82 Å². The summed E-state index contributed by atoms with van der Waals surface area (Å²) < 4.78 is 30.7. The first-order chi connectivity index (χ1) is 8.58. The standard InChI is InChI=1S/C10H12N4O3S/c11-8-1-3-9(4-2-8)18(15,16)13-6-5-10-12-7-17-14-10/h1-4,7,13H,5-6,11H2. The highest BCUT2D eigenvalue weighted by Crippen LogP contribution is 2.11. The fourth-order valence-electron chi connectivity index (χ4n) is 1.33. The zero-order chi connectivity index (χ0) is 13.0. The number of hydrogen-bond acceptors (Lipinski definition) is 6. The average molecular weight is 268 g/mol. The lowest BCUT2D eigenvalue weighted by atomic mass is 10.3. The van der Waals surface area contributed by atoms with Crippen LogP contribution in [0.25, 0.3) is 0 Å². The van der Waals surface area contributed by atoms with Gasteiger partial charge in [0.05, 0.1) is 4.90 Å². The van der Waals surface area contributed by atoms with E-state index in [0.29, 0.717) is 17.9 Å². The fourth-order valence-corrected chi connectivity index (χ4v) is 2.36. The molecule has 2 rings (SSSR count). The monoisotopic (exact) mass is 268 g/mol. The third kappa shape index (κ3) is 3.05. The SMILES string of the molecule is Nc1ccc(S(=O)(=O)NCCc2ncon2)cc1. The molecule has 0 saturated heterocycles. The summed E-state index contributed by atoms with van der Waals surface area (Å²) in [5.41, 5.74) is 6.01. The Kier molecular flexibility index (Phi) is 3.58. The van der Waals surface area contributed by atoms with Gasteiger partial charge in [-0.05, 0) is 24.3 Å². The molecule has 0 saturated carbocycles. The summed E-state index contributed by atoms with van der Waals surface area (Å²) in [6, 6.07) is 5.97. The molecule has 0 aliphatic carbocycles. The first kappa shape index (κ1) is 12.5. The number of sulfonamides is 1. The predicted molar refractivity (Wildman–Crippen MR) is 64.0 cm³/mol. The Hall–Kier alpha value is -1.93. The molecule has 1 aromatic carbocycles. The number of aromatic nitrogens is 2. The van der Waals surface area contributed by atoms with Gasteiger partial charge in [0.15, 0.2) is 5.82 Å². The molecule has 0 aliphatic rings. The van der Waals surface area contributed by atoms with Crippen molar-refractivity contribution in [3.63, 3.8) is 0 Å². The molecular formula is C10H12N4O3S. The fraction of sp³-hybridized carbons (Fsp3) is 0.200. The van der Waals surface area contributed by atoms with Crippen molar-refractivity contribution in [3.8, 4) is 0 Å². The van der Waals surface area contributed by atoms with Gasteiger partial charge in [0.1, 0.15) is 0 Å². The summed E-state index contributed by atoms with van der Waals surface area (Å²) in [4.78, 5) is 3.96. The second-order valence-electron chi connectivity index (χ2n) is 3.56. The average Bonchev–Trinajstić information content (AvgIpc) is 2.82. The Morgan fingerprint density at radius 3 is 2.61 bits per heavy atom. The quantitative estimate of drug-likeness (QED) is 0.748. The van der Waals surface area contributed by atoms with Crippen molar-refractivity contribution in [2.75, 3.05) is 12.3 Å². The third-order valence-electron chi connectivity index (χ3n) is 2.24. The number of nitrogens with one attached hydrogen (secondary N) is 1. The number of rotatable bonds is 5. The maximum absolute atomic E-state index is 11.9. The van der Waals surface area contributed by atoms with Crippen LogP contribution in [0.3, 0.4) is 0 Å². The first-order valence-corrected chi connectivity index (χ1v) is 6.67. The maximum Gasteiger partial charge on any atom is 0.240 e. The largest absolute Gasteiger partial charge is 0.399 e. The lowest BCUT2D eigenvalue weighted by molar-refractivity contribution is 0.410. The van der Waals surface area contributed by atoms with Crippen molar-refractivity contribution in [1.29, 1.82) is 0 Å². The maximum atomic E-state index is 11.9. The number of benzene rings is 1. The molecule has 3 N–H and O–H groups in total. The van der Waals surface area contributed by atoms with E-state index in [9.17, 15) is 8.42 Å². The van der Waals surface area contributed by atoms with E-state index in [2.05, 4.69) is 19.4 Å². The number of anilines is 1. The molecule has 0 bridgehead atoms. The minimum absolute atomic E-state index is 0.171. The van der Waals surface area contributed by atoms with Crippen LogP contribution >= 0.6 is 0 Å². The summed E-state index contributed by atoms with van der Waals surface area (Å²) in [6.45, 7) is 0.201. The Balaban J connectivity index is 1.97. The first-order valence-electron chi connectivity index (χ1n) is 5.18. The van der Waals surface area contributed by atoms with E-state index in [4.69, 9.17) is 5.73 Å². The Morgan fingerprint density at radius 2 is 2.00 bits per heavy atom. The highest BCUT2D eigenvalue weighted by atomic mass is 32.2. The van der Waals surface area contributed by atoms with Crippen LogP contribution in [0.2, 0.25) is 0 Å². The van der Waals surface area contributed by atoms with Gasteiger partial charge in [0.2, 0.25) is 16.4 Å². The van der Waals surface area contributed by atoms with Crippen LogP contribution in [-0.4, -0.2) is 25.1 Å². The van der Waals surface area contributed by atoms with Crippen molar-refractivity contribution >= 4 is 15.7 Å². The molecule has 7 nitrogen and oxygen atoms in total. The highest BCUT2D eigenvalue weighted by molar-refractivity contribution is 7.89. The molecule has 96 valence electrons. The number of hydrogen-bond donors (Lipinski definition) is 2. The summed E-state index contributed by atoms with van der Waals surface area (Å²) >= 11 is 0. The highest BCUT2D eigenvalue weighted by Gasteiger charge is 2.13. The molecular weight excluding hydrogens is 256 g/mol. The molecule has 1 heterocycles. The van der Waals surface area contributed by atoms with E-state index in [-0.39, 0.29) is 11.4 Å². The van der Waals surface area contributed by atoms with Crippen LogP contribution in [0.5, 0.6) is 0 Å². The lowest BCUT2D eigenvalue weighted by Gasteiger charge is -2.05. The van der Waals surface area contributed by atoms with Crippen molar-refractivity contribution in [1.82, 2.24) is 14.9 Å². The van der Waals surface area contributed by atoms with Gasteiger partial charge in [-0.3, -0.25) is 0 Å². The molecule has 18 heavy (non-hydrogen) atoms. The van der Waals surface area contributed by atoms with E-state index in [1.165, 1.54) is 30.7 Å². The second-order valence-corrected chi connectivity index (χ2v) is 5.33. The Morgan fingerprint density at radius 1 is 1.28 bits per heavy atom. The minimum atomic E-state index is -3.52. The van der Waals surface area contributed by atoms with Gasteiger partial charge in [-0.2, -0.15) is 4.98 Å². The van der Waals surface area contributed by atoms with Gasteiger partial charge in [-0.15, -0.1) is 0 Å². The minimum Gasteiger partial charge on any atom is -0.399 e. The third-order valence-corrected chi connectivity index (χ3v) is 3.71.